The standard InChI is InChI=1S/C12H23NO2.C7H11NO.C6H6.C5H11N.C2H6/c1-11(6-4-5-7-14)13(3)8-12(2)9-15-10-12;9-6-8-5-1-2-7(8)3-4-7;1-2-4-6-5-3-1;1-6-4-2-3-5-6;1-2/h7,11H,4-6,8-10H2,1-3H3;6H,1-5H2;1-6H;2-5H2,1H3;1-2H3. The molecular formula is C32H57N3O3. The molecule has 0 aromatic heterocycles. The van der Waals surface area contributed by atoms with E-state index in [0.717, 1.165) is 51.8 Å². The van der Waals surface area contributed by atoms with Crippen LogP contribution in [0.1, 0.15) is 85.5 Å². The smallest absolute Gasteiger partial charge is 0.210 e. The molecule has 0 radical (unpaired) electrons. The molecule has 1 atom stereocenters. The quantitative estimate of drug-likeness (QED) is 0.308. The zero-order valence-electron chi connectivity index (χ0n) is 25.4. The van der Waals surface area contributed by atoms with Gasteiger partial charge in [0.15, 0.2) is 0 Å². The van der Waals surface area contributed by atoms with E-state index in [1.807, 2.05) is 55.1 Å². The second kappa shape index (κ2) is 19.3. The summed E-state index contributed by atoms with van der Waals surface area (Å²) in [5.74, 6) is 0. The molecule has 1 saturated carbocycles. The molecule has 4 fully saturated rings. The van der Waals surface area contributed by atoms with Gasteiger partial charge in [0.1, 0.15) is 6.29 Å². The number of rotatable bonds is 8. The number of carbonyl (C=O) groups excluding carboxylic acids is 2. The van der Waals surface area contributed by atoms with Gasteiger partial charge in [-0.25, -0.2) is 0 Å². The van der Waals surface area contributed by atoms with E-state index in [2.05, 4.69) is 37.7 Å². The summed E-state index contributed by atoms with van der Waals surface area (Å²) < 4.78 is 5.24. The molecule has 1 aromatic rings. The van der Waals surface area contributed by atoms with Crippen LogP contribution in [0.15, 0.2) is 36.4 Å². The summed E-state index contributed by atoms with van der Waals surface area (Å²) in [6, 6.07) is 12.6. The Hall–Kier alpha value is -1.76. The van der Waals surface area contributed by atoms with Crippen LogP contribution in [0.4, 0.5) is 0 Å². The van der Waals surface area contributed by atoms with Crippen molar-refractivity contribution in [1.82, 2.24) is 14.7 Å². The van der Waals surface area contributed by atoms with Gasteiger partial charge >= 0.3 is 0 Å². The predicted octanol–water partition coefficient (Wildman–Crippen LogP) is 5.91. The molecule has 3 heterocycles. The third-order valence-electron chi connectivity index (χ3n) is 7.83. The highest BCUT2D eigenvalue weighted by molar-refractivity contribution is 5.51. The van der Waals surface area contributed by atoms with Crippen molar-refractivity contribution >= 4 is 12.7 Å². The third kappa shape index (κ3) is 13.3. The Bertz CT molecular complexity index is 689. The Morgan fingerprint density at radius 1 is 0.921 bits per heavy atom. The van der Waals surface area contributed by atoms with E-state index in [1.54, 1.807) is 0 Å². The second-order valence-electron chi connectivity index (χ2n) is 11.5. The lowest BCUT2D eigenvalue weighted by Crippen LogP contribution is -2.49. The number of likely N-dealkylation sites (tertiary alicyclic amines) is 2. The monoisotopic (exact) mass is 531 g/mol. The lowest BCUT2D eigenvalue weighted by Gasteiger charge is -2.42. The molecular weight excluding hydrogens is 474 g/mol. The minimum Gasteiger partial charge on any atom is -0.380 e. The SMILES string of the molecule is CC.CC(CCCC=O)N(C)CC1(C)COC1.CN1CCCC1.O=CN1CCCC12CC2.c1ccccc1. The summed E-state index contributed by atoms with van der Waals surface area (Å²) in [7, 11) is 4.34. The van der Waals surface area contributed by atoms with Gasteiger partial charge in [0.25, 0.3) is 0 Å². The van der Waals surface area contributed by atoms with Crippen LogP contribution in [0.5, 0.6) is 0 Å². The number of hydrogen-bond donors (Lipinski definition) is 0. The van der Waals surface area contributed by atoms with Crippen LogP contribution in [0.3, 0.4) is 0 Å². The molecule has 5 rings (SSSR count). The van der Waals surface area contributed by atoms with Gasteiger partial charge in [0.05, 0.1) is 13.2 Å². The van der Waals surface area contributed by atoms with Gasteiger partial charge in [-0.15, -0.1) is 0 Å². The molecule has 1 amide bonds. The van der Waals surface area contributed by atoms with E-state index >= 15 is 0 Å². The Morgan fingerprint density at radius 3 is 1.82 bits per heavy atom. The Labute approximate surface area is 234 Å². The van der Waals surface area contributed by atoms with E-state index < -0.39 is 0 Å². The normalized spacial score (nSPS) is 20.7. The lowest BCUT2D eigenvalue weighted by atomic mass is 9.87. The Kier molecular flexibility index (Phi) is 17.4. The van der Waals surface area contributed by atoms with Crippen molar-refractivity contribution in [1.29, 1.82) is 0 Å². The molecule has 1 spiro atoms. The van der Waals surface area contributed by atoms with Gasteiger partial charge in [-0.3, -0.25) is 4.79 Å². The first-order chi connectivity index (χ1) is 18.3. The molecule has 6 heteroatoms. The van der Waals surface area contributed by atoms with Crippen LogP contribution in [-0.2, 0) is 14.3 Å². The van der Waals surface area contributed by atoms with Crippen molar-refractivity contribution in [2.24, 2.45) is 5.41 Å². The topological polar surface area (TPSA) is 53.1 Å². The van der Waals surface area contributed by atoms with Gasteiger partial charge in [0, 0.05) is 36.5 Å². The molecule has 6 nitrogen and oxygen atoms in total. The maximum Gasteiger partial charge on any atom is 0.210 e. The third-order valence-corrected chi connectivity index (χ3v) is 7.83. The van der Waals surface area contributed by atoms with Gasteiger partial charge < -0.3 is 24.2 Å². The van der Waals surface area contributed by atoms with Crippen molar-refractivity contribution in [2.45, 2.75) is 97.1 Å². The molecule has 218 valence electrons. The summed E-state index contributed by atoms with van der Waals surface area (Å²) in [6.07, 6.45) is 12.6. The number of carbonyl (C=O) groups is 2. The fraction of sp³-hybridized carbons (Fsp3) is 0.750. The zero-order chi connectivity index (χ0) is 28.3. The number of unbranched alkanes of at least 4 members (excludes halogenated alkanes) is 1. The number of aldehydes is 1. The number of amides is 1. The molecule has 38 heavy (non-hydrogen) atoms. The molecule has 1 aromatic carbocycles. The van der Waals surface area contributed by atoms with Crippen molar-refractivity contribution in [3.63, 3.8) is 0 Å². The first kappa shape index (κ1) is 34.3. The molecule has 1 aliphatic carbocycles. The van der Waals surface area contributed by atoms with E-state index in [-0.39, 0.29) is 0 Å². The molecule has 3 saturated heterocycles. The maximum absolute atomic E-state index is 10.4. The van der Waals surface area contributed by atoms with E-state index in [9.17, 15) is 9.59 Å². The first-order valence-electron chi connectivity index (χ1n) is 15.0. The van der Waals surface area contributed by atoms with Crippen LogP contribution in [0, 0.1) is 5.41 Å². The molecule has 3 aliphatic heterocycles. The zero-order valence-corrected chi connectivity index (χ0v) is 25.4. The summed E-state index contributed by atoms with van der Waals surface area (Å²) in [5.41, 5.74) is 0.732. The minimum atomic E-state index is 0.355. The average molecular weight is 532 g/mol. The highest BCUT2D eigenvalue weighted by Gasteiger charge is 2.50. The van der Waals surface area contributed by atoms with Crippen molar-refractivity contribution in [2.75, 3.05) is 53.5 Å². The largest absolute Gasteiger partial charge is 0.380 e. The van der Waals surface area contributed by atoms with Crippen LogP contribution in [0.25, 0.3) is 0 Å². The van der Waals surface area contributed by atoms with Gasteiger partial charge in [-0.05, 0) is 85.5 Å². The van der Waals surface area contributed by atoms with Crippen molar-refractivity contribution in [3.05, 3.63) is 36.4 Å². The number of nitrogens with zero attached hydrogens (tertiary/aromatic N) is 3. The second-order valence-corrected chi connectivity index (χ2v) is 11.5. The highest BCUT2D eigenvalue weighted by atomic mass is 16.5. The number of ether oxygens (including phenoxy) is 1. The summed E-state index contributed by atoms with van der Waals surface area (Å²) >= 11 is 0. The average Bonchev–Trinajstić information content (AvgIpc) is 3.34. The van der Waals surface area contributed by atoms with Gasteiger partial charge in [-0.2, -0.15) is 0 Å². The number of benzene rings is 1. The van der Waals surface area contributed by atoms with E-state index in [0.29, 0.717) is 23.4 Å². The minimum absolute atomic E-state index is 0.355. The fourth-order valence-electron chi connectivity index (χ4n) is 5.08. The predicted molar refractivity (Wildman–Crippen MR) is 159 cm³/mol. The molecule has 0 bridgehead atoms. The highest BCUT2D eigenvalue weighted by Crippen LogP contribution is 2.48. The lowest BCUT2D eigenvalue weighted by molar-refractivity contribution is -0.119. The Morgan fingerprint density at radius 2 is 1.47 bits per heavy atom. The van der Waals surface area contributed by atoms with Crippen LogP contribution >= 0.6 is 0 Å². The Balaban J connectivity index is 0.000000266. The number of hydrogen-bond acceptors (Lipinski definition) is 5. The van der Waals surface area contributed by atoms with E-state index in [1.165, 1.54) is 51.6 Å². The summed E-state index contributed by atoms with van der Waals surface area (Å²) in [6.45, 7) is 15.0. The van der Waals surface area contributed by atoms with Gasteiger partial charge in [-0.1, -0.05) is 57.2 Å². The van der Waals surface area contributed by atoms with Crippen molar-refractivity contribution < 1.29 is 14.3 Å². The molecule has 4 aliphatic rings. The summed E-state index contributed by atoms with van der Waals surface area (Å²) in [5, 5.41) is 0. The first-order valence-corrected chi connectivity index (χ1v) is 15.0. The van der Waals surface area contributed by atoms with Crippen LogP contribution in [0.2, 0.25) is 0 Å². The van der Waals surface area contributed by atoms with Crippen molar-refractivity contribution in [3.8, 4) is 0 Å². The maximum atomic E-state index is 10.4. The summed E-state index contributed by atoms with van der Waals surface area (Å²) in [4.78, 5) is 27.3. The molecule has 0 N–H and O–H groups in total. The fourth-order valence-corrected chi connectivity index (χ4v) is 5.08. The van der Waals surface area contributed by atoms with E-state index in [4.69, 9.17) is 4.74 Å². The van der Waals surface area contributed by atoms with Gasteiger partial charge in [0.2, 0.25) is 6.41 Å². The van der Waals surface area contributed by atoms with Crippen LogP contribution < -0.4 is 0 Å². The molecule has 1 unspecified atom stereocenters. The van der Waals surface area contributed by atoms with Crippen LogP contribution in [-0.4, -0.2) is 92.5 Å².